The zero-order chi connectivity index (χ0) is 20.1. The fourth-order valence-electron chi connectivity index (χ4n) is 3.46. The van der Waals surface area contributed by atoms with Crippen LogP contribution in [0, 0.1) is 0 Å². The van der Waals surface area contributed by atoms with Gasteiger partial charge in [0.1, 0.15) is 12.4 Å². The third-order valence-electron chi connectivity index (χ3n) is 5.30. The molecule has 0 aromatic heterocycles. The molecule has 1 N–H and O–H groups in total. The Hall–Kier alpha value is -2.86. The van der Waals surface area contributed by atoms with Crippen LogP contribution >= 0.6 is 0 Å². The summed E-state index contributed by atoms with van der Waals surface area (Å²) in [5, 5.41) is 3.02. The molecule has 0 bridgehead atoms. The molecule has 6 heteroatoms. The van der Waals surface area contributed by atoms with E-state index in [2.05, 4.69) is 10.2 Å². The maximum absolute atomic E-state index is 12.9. The minimum Gasteiger partial charge on any atom is -0.489 e. The zero-order valence-electron chi connectivity index (χ0n) is 16.5. The Labute approximate surface area is 171 Å². The molecular formula is C23H27N3O3. The van der Waals surface area contributed by atoms with E-state index in [1.54, 1.807) is 6.07 Å². The first-order valence-electron chi connectivity index (χ1n) is 10.3. The van der Waals surface area contributed by atoms with Crippen molar-refractivity contribution < 1.29 is 14.3 Å². The van der Waals surface area contributed by atoms with Gasteiger partial charge in [-0.3, -0.25) is 14.5 Å². The molecule has 2 aliphatic rings. The van der Waals surface area contributed by atoms with Crippen molar-refractivity contribution in [3.05, 3.63) is 65.7 Å². The van der Waals surface area contributed by atoms with Gasteiger partial charge in [-0.2, -0.15) is 0 Å². The molecule has 2 amide bonds. The molecule has 1 heterocycles. The summed E-state index contributed by atoms with van der Waals surface area (Å²) in [5.74, 6) is 0.794. The van der Waals surface area contributed by atoms with Crippen LogP contribution in [0.15, 0.2) is 54.6 Å². The molecule has 0 spiro atoms. The van der Waals surface area contributed by atoms with Gasteiger partial charge in [-0.15, -0.1) is 0 Å². The van der Waals surface area contributed by atoms with Gasteiger partial charge in [0.05, 0.1) is 6.54 Å². The Balaban J connectivity index is 1.27. The molecule has 4 rings (SSSR count). The maximum atomic E-state index is 12.9. The van der Waals surface area contributed by atoms with E-state index in [0.29, 0.717) is 56.7 Å². The summed E-state index contributed by atoms with van der Waals surface area (Å²) in [4.78, 5) is 28.8. The summed E-state index contributed by atoms with van der Waals surface area (Å²) in [7, 11) is 0. The Bertz CT molecular complexity index is 843. The summed E-state index contributed by atoms with van der Waals surface area (Å²) < 4.78 is 5.84. The third kappa shape index (κ3) is 5.57. The van der Waals surface area contributed by atoms with Gasteiger partial charge in [0, 0.05) is 37.8 Å². The zero-order valence-corrected chi connectivity index (χ0v) is 16.5. The smallest absolute Gasteiger partial charge is 0.254 e. The number of benzene rings is 2. The quantitative estimate of drug-likeness (QED) is 0.784. The number of nitrogens with zero attached hydrogens (tertiary/aromatic N) is 2. The Morgan fingerprint density at radius 3 is 2.45 bits per heavy atom. The fourth-order valence-corrected chi connectivity index (χ4v) is 3.46. The van der Waals surface area contributed by atoms with Crippen LogP contribution in [0.25, 0.3) is 0 Å². The van der Waals surface area contributed by atoms with Crippen molar-refractivity contribution >= 4 is 11.8 Å². The minimum absolute atomic E-state index is 0.0113. The number of piperazine rings is 1. The van der Waals surface area contributed by atoms with Crippen molar-refractivity contribution in [2.24, 2.45) is 0 Å². The molecule has 2 fully saturated rings. The van der Waals surface area contributed by atoms with Crippen LogP contribution in [0.5, 0.6) is 5.75 Å². The lowest BCUT2D eigenvalue weighted by atomic mass is 10.1. The van der Waals surface area contributed by atoms with Crippen LogP contribution in [0.2, 0.25) is 0 Å². The number of hydrogen-bond acceptors (Lipinski definition) is 4. The predicted molar refractivity (Wildman–Crippen MR) is 111 cm³/mol. The average molecular weight is 393 g/mol. The van der Waals surface area contributed by atoms with Crippen LogP contribution < -0.4 is 10.1 Å². The van der Waals surface area contributed by atoms with Gasteiger partial charge in [0.25, 0.3) is 5.91 Å². The molecule has 1 saturated carbocycles. The highest BCUT2D eigenvalue weighted by Crippen LogP contribution is 2.19. The Morgan fingerprint density at radius 2 is 1.72 bits per heavy atom. The summed E-state index contributed by atoms with van der Waals surface area (Å²) >= 11 is 0. The number of carbonyl (C=O) groups is 2. The number of nitrogens with one attached hydrogen (secondary N) is 1. The van der Waals surface area contributed by atoms with Crippen molar-refractivity contribution in [2.45, 2.75) is 25.5 Å². The van der Waals surface area contributed by atoms with E-state index in [9.17, 15) is 9.59 Å². The molecule has 2 aromatic rings. The van der Waals surface area contributed by atoms with Crippen molar-refractivity contribution in [1.29, 1.82) is 0 Å². The number of amides is 2. The normalized spacial score (nSPS) is 17.0. The van der Waals surface area contributed by atoms with Gasteiger partial charge in [0.2, 0.25) is 5.91 Å². The van der Waals surface area contributed by atoms with E-state index in [-0.39, 0.29) is 11.8 Å². The van der Waals surface area contributed by atoms with Crippen molar-refractivity contribution in [3.63, 3.8) is 0 Å². The van der Waals surface area contributed by atoms with Gasteiger partial charge in [-0.1, -0.05) is 36.4 Å². The molecule has 6 nitrogen and oxygen atoms in total. The number of hydrogen-bond donors (Lipinski definition) is 1. The molecule has 0 unspecified atom stereocenters. The number of ether oxygens (including phenoxy) is 1. The average Bonchev–Trinajstić information content (AvgIpc) is 3.57. The first kappa shape index (κ1) is 19.5. The fraction of sp³-hybridized carbons (Fsp3) is 0.391. The van der Waals surface area contributed by atoms with Crippen LogP contribution in [0.3, 0.4) is 0 Å². The minimum atomic E-state index is 0.0113. The second kappa shape index (κ2) is 9.09. The van der Waals surface area contributed by atoms with E-state index in [1.807, 2.05) is 53.4 Å². The Kier molecular flexibility index (Phi) is 6.10. The maximum Gasteiger partial charge on any atom is 0.254 e. The first-order chi connectivity index (χ1) is 14.2. The van der Waals surface area contributed by atoms with E-state index < -0.39 is 0 Å². The van der Waals surface area contributed by atoms with Crippen molar-refractivity contribution in [2.75, 3.05) is 32.7 Å². The van der Waals surface area contributed by atoms with Crippen molar-refractivity contribution in [3.8, 4) is 5.75 Å². The highest BCUT2D eigenvalue weighted by atomic mass is 16.5. The lowest BCUT2D eigenvalue weighted by molar-refractivity contribution is -0.122. The molecule has 1 aliphatic carbocycles. The third-order valence-corrected chi connectivity index (χ3v) is 5.30. The van der Waals surface area contributed by atoms with Gasteiger partial charge >= 0.3 is 0 Å². The summed E-state index contributed by atoms with van der Waals surface area (Å²) in [6.45, 7) is 3.58. The predicted octanol–water partition coefficient (Wildman–Crippen LogP) is 2.30. The van der Waals surface area contributed by atoms with Crippen LogP contribution in [0.4, 0.5) is 0 Å². The number of carbonyl (C=O) groups excluding carboxylic acids is 2. The SMILES string of the molecule is O=C(CN1CCN(C(=O)c2cccc(OCc3ccccc3)c2)CC1)NC1CC1. The highest BCUT2D eigenvalue weighted by Gasteiger charge is 2.26. The summed E-state index contributed by atoms with van der Waals surface area (Å²) in [5.41, 5.74) is 1.72. The first-order valence-corrected chi connectivity index (χ1v) is 10.3. The van der Waals surface area contributed by atoms with Crippen LogP contribution in [-0.2, 0) is 11.4 Å². The second-order valence-corrected chi connectivity index (χ2v) is 7.71. The lowest BCUT2D eigenvalue weighted by Crippen LogP contribution is -2.51. The van der Waals surface area contributed by atoms with Crippen LogP contribution in [-0.4, -0.2) is 60.4 Å². The van der Waals surface area contributed by atoms with Gasteiger partial charge in [-0.05, 0) is 36.6 Å². The molecule has 0 radical (unpaired) electrons. The molecule has 0 atom stereocenters. The molecular weight excluding hydrogens is 366 g/mol. The van der Waals surface area contributed by atoms with Gasteiger partial charge in [0.15, 0.2) is 0 Å². The molecule has 29 heavy (non-hydrogen) atoms. The summed E-state index contributed by atoms with van der Waals surface area (Å²) in [6.07, 6.45) is 2.20. The van der Waals surface area contributed by atoms with Crippen LogP contribution in [0.1, 0.15) is 28.8 Å². The number of rotatable bonds is 7. The van der Waals surface area contributed by atoms with E-state index in [1.165, 1.54) is 0 Å². The molecule has 2 aromatic carbocycles. The largest absolute Gasteiger partial charge is 0.489 e. The topological polar surface area (TPSA) is 61.9 Å². The second-order valence-electron chi connectivity index (χ2n) is 7.71. The van der Waals surface area contributed by atoms with Gasteiger partial charge < -0.3 is 15.0 Å². The van der Waals surface area contributed by atoms with E-state index >= 15 is 0 Å². The molecule has 152 valence electrons. The Morgan fingerprint density at radius 1 is 0.966 bits per heavy atom. The summed E-state index contributed by atoms with van der Waals surface area (Å²) in [6, 6.07) is 17.7. The van der Waals surface area contributed by atoms with Crippen molar-refractivity contribution in [1.82, 2.24) is 15.1 Å². The standard InChI is InChI=1S/C23H27N3O3/c27-22(24-20-9-10-20)16-25-11-13-26(14-12-25)23(28)19-7-4-8-21(15-19)29-17-18-5-2-1-3-6-18/h1-8,15,20H,9-14,16-17H2,(H,24,27). The van der Waals surface area contributed by atoms with E-state index in [0.717, 1.165) is 18.4 Å². The lowest BCUT2D eigenvalue weighted by Gasteiger charge is -2.34. The highest BCUT2D eigenvalue weighted by molar-refractivity contribution is 5.94. The van der Waals surface area contributed by atoms with Gasteiger partial charge in [-0.25, -0.2) is 0 Å². The van der Waals surface area contributed by atoms with E-state index in [4.69, 9.17) is 4.74 Å². The molecule has 1 saturated heterocycles. The molecule has 1 aliphatic heterocycles. The monoisotopic (exact) mass is 393 g/mol.